The lowest BCUT2D eigenvalue weighted by Gasteiger charge is -2.29. The second-order valence-corrected chi connectivity index (χ2v) is 6.16. The molecular formula is C19H14N2O5S. The topological polar surface area (TPSA) is 77.1 Å². The number of amides is 2. The Kier molecular flexibility index (Phi) is 4.25. The number of benzene rings is 2. The Morgan fingerprint density at radius 1 is 1.11 bits per heavy atom. The lowest BCUT2D eigenvalue weighted by Crippen LogP contribution is -2.54. The van der Waals surface area contributed by atoms with Crippen LogP contribution in [0.4, 0.5) is 5.69 Å². The molecule has 1 N–H and O–H groups in total. The van der Waals surface area contributed by atoms with Gasteiger partial charge in [-0.2, -0.15) is 0 Å². The van der Waals surface area contributed by atoms with E-state index in [0.29, 0.717) is 28.5 Å². The van der Waals surface area contributed by atoms with Crippen molar-refractivity contribution in [3.63, 3.8) is 0 Å². The normalized spacial score (nSPS) is 17.3. The second-order valence-electron chi connectivity index (χ2n) is 5.77. The number of nitrogens with one attached hydrogen (secondary N) is 1. The highest BCUT2D eigenvalue weighted by molar-refractivity contribution is 7.80. The zero-order valence-electron chi connectivity index (χ0n) is 14.2. The van der Waals surface area contributed by atoms with Gasteiger partial charge in [-0.1, -0.05) is 6.07 Å². The van der Waals surface area contributed by atoms with Crippen LogP contribution in [0, 0.1) is 0 Å². The number of carbonyl (C=O) groups is 2. The number of anilines is 1. The molecule has 0 aliphatic carbocycles. The van der Waals surface area contributed by atoms with E-state index >= 15 is 0 Å². The van der Waals surface area contributed by atoms with E-state index in [9.17, 15) is 9.59 Å². The summed E-state index contributed by atoms with van der Waals surface area (Å²) in [5.74, 6) is 0.779. The fourth-order valence-electron chi connectivity index (χ4n) is 2.79. The zero-order valence-corrected chi connectivity index (χ0v) is 15.0. The van der Waals surface area contributed by atoms with Crippen molar-refractivity contribution in [2.24, 2.45) is 0 Å². The van der Waals surface area contributed by atoms with E-state index in [0.717, 1.165) is 0 Å². The van der Waals surface area contributed by atoms with E-state index < -0.39 is 11.8 Å². The summed E-state index contributed by atoms with van der Waals surface area (Å²) < 4.78 is 15.7. The number of fused-ring (bicyclic) bond motifs is 1. The molecule has 2 aromatic carbocycles. The first kappa shape index (κ1) is 17.0. The van der Waals surface area contributed by atoms with Gasteiger partial charge in [0.15, 0.2) is 16.6 Å². The van der Waals surface area contributed by atoms with Crippen LogP contribution in [0.3, 0.4) is 0 Å². The van der Waals surface area contributed by atoms with Gasteiger partial charge in [-0.3, -0.25) is 19.8 Å². The zero-order chi connectivity index (χ0) is 19.0. The first-order chi connectivity index (χ1) is 13.1. The molecule has 27 heavy (non-hydrogen) atoms. The van der Waals surface area contributed by atoms with Gasteiger partial charge in [0.2, 0.25) is 6.79 Å². The monoisotopic (exact) mass is 382 g/mol. The number of rotatable bonds is 3. The van der Waals surface area contributed by atoms with Crippen molar-refractivity contribution in [1.29, 1.82) is 0 Å². The standard InChI is InChI=1S/C19H14N2O5S/c1-24-13-5-3-12(4-6-13)21-18(23)14(17(22)20-19(21)27)8-11-2-7-15-16(9-11)26-10-25-15/h2-9H,10H2,1H3,(H,20,22,27)/b14-8-. The molecule has 2 aliphatic rings. The maximum Gasteiger partial charge on any atom is 0.270 e. The Balaban J connectivity index is 1.69. The van der Waals surface area contributed by atoms with E-state index in [-0.39, 0.29) is 17.5 Å². The van der Waals surface area contributed by atoms with E-state index in [1.807, 2.05) is 0 Å². The predicted octanol–water partition coefficient (Wildman–Crippen LogP) is 2.26. The van der Waals surface area contributed by atoms with Crippen LogP contribution >= 0.6 is 12.2 Å². The number of carbonyl (C=O) groups excluding carboxylic acids is 2. The first-order valence-electron chi connectivity index (χ1n) is 8.02. The molecule has 0 saturated carbocycles. The molecule has 0 unspecified atom stereocenters. The van der Waals surface area contributed by atoms with Gasteiger partial charge in [-0.15, -0.1) is 0 Å². The molecule has 2 aliphatic heterocycles. The maximum absolute atomic E-state index is 13.0. The minimum Gasteiger partial charge on any atom is -0.497 e. The van der Waals surface area contributed by atoms with Crippen LogP contribution in [0.5, 0.6) is 17.2 Å². The van der Waals surface area contributed by atoms with Gasteiger partial charge in [0.05, 0.1) is 12.8 Å². The van der Waals surface area contributed by atoms with E-state index in [2.05, 4.69) is 5.32 Å². The fourth-order valence-corrected chi connectivity index (χ4v) is 3.07. The Bertz CT molecular complexity index is 984. The third kappa shape index (κ3) is 3.11. The number of methoxy groups -OCH3 is 1. The van der Waals surface area contributed by atoms with Crippen molar-refractivity contribution in [2.75, 3.05) is 18.8 Å². The summed E-state index contributed by atoms with van der Waals surface area (Å²) in [6.07, 6.45) is 1.50. The lowest BCUT2D eigenvalue weighted by atomic mass is 10.1. The number of hydrogen-bond acceptors (Lipinski definition) is 6. The molecule has 4 rings (SSSR count). The quantitative estimate of drug-likeness (QED) is 0.499. The number of nitrogens with zero attached hydrogens (tertiary/aromatic N) is 1. The van der Waals surface area contributed by atoms with Crippen molar-refractivity contribution in [1.82, 2.24) is 5.32 Å². The average molecular weight is 382 g/mol. The van der Waals surface area contributed by atoms with Crippen LogP contribution < -0.4 is 24.4 Å². The minimum atomic E-state index is -0.549. The maximum atomic E-state index is 13.0. The van der Waals surface area contributed by atoms with Crippen LogP contribution in [-0.4, -0.2) is 30.8 Å². The minimum absolute atomic E-state index is 0.0259. The molecule has 7 nitrogen and oxygen atoms in total. The van der Waals surface area contributed by atoms with Gasteiger partial charge in [-0.05, 0) is 60.3 Å². The van der Waals surface area contributed by atoms with Crippen LogP contribution in [0.25, 0.3) is 6.08 Å². The predicted molar refractivity (Wildman–Crippen MR) is 102 cm³/mol. The Morgan fingerprint density at radius 3 is 2.59 bits per heavy atom. The van der Waals surface area contributed by atoms with Crippen molar-refractivity contribution < 1.29 is 23.8 Å². The summed E-state index contributed by atoms with van der Waals surface area (Å²) in [4.78, 5) is 26.6. The summed E-state index contributed by atoms with van der Waals surface area (Å²) in [5, 5.41) is 2.58. The van der Waals surface area contributed by atoms with Crippen LogP contribution in [0.2, 0.25) is 0 Å². The van der Waals surface area contributed by atoms with E-state index in [1.54, 1.807) is 49.6 Å². The molecule has 2 amide bonds. The SMILES string of the molecule is COc1ccc(N2C(=O)/C(=C\c3ccc4c(c3)OCO4)C(=O)NC2=S)cc1. The van der Waals surface area contributed by atoms with Crippen molar-refractivity contribution in [3.8, 4) is 17.2 Å². The number of ether oxygens (including phenoxy) is 3. The Hall–Kier alpha value is -3.39. The molecule has 136 valence electrons. The summed E-state index contributed by atoms with van der Waals surface area (Å²) in [6.45, 7) is 0.147. The average Bonchev–Trinajstić information content (AvgIpc) is 3.13. The molecular weight excluding hydrogens is 368 g/mol. The third-order valence-electron chi connectivity index (χ3n) is 4.14. The van der Waals surface area contributed by atoms with Gasteiger partial charge in [0.1, 0.15) is 11.3 Å². The largest absolute Gasteiger partial charge is 0.497 e. The first-order valence-corrected chi connectivity index (χ1v) is 8.43. The molecule has 1 saturated heterocycles. The van der Waals surface area contributed by atoms with Crippen LogP contribution in [0.1, 0.15) is 5.56 Å². The highest BCUT2D eigenvalue weighted by atomic mass is 32.1. The smallest absolute Gasteiger partial charge is 0.270 e. The molecule has 2 heterocycles. The molecule has 1 fully saturated rings. The van der Waals surface area contributed by atoms with Crippen molar-refractivity contribution in [3.05, 3.63) is 53.6 Å². The Morgan fingerprint density at radius 2 is 1.85 bits per heavy atom. The summed E-state index contributed by atoms with van der Waals surface area (Å²) in [7, 11) is 1.55. The lowest BCUT2D eigenvalue weighted by molar-refractivity contribution is -0.122. The molecule has 0 aromatic heterocycles. The third-order valence-corrected chi connectivity index (χ3v) is 4.42. The second kappa shape index (κ2) is 6.73. The van der Waals surface area contributed by atoms with Crippen LogP contribution in [-0.2, 0) is 9.59 Å². The summed E-state index contributed by atoms with van der Waals surface area (Å²) in [5.41, 5.74) is 1.14. The van der Waals surface area contributed by atoms with Gasteiger partial charge >= 0.3 is 0 Å². The highest BCUT2D eigenvalue weighted by Gasteiger charge is 2.34. The summed E-state index contributed by atoms with van der Waals surface area (Å²) in [6, 6.07) is 12.0. The number of hydrogen-bond donors (Lipinski definition) is 1. The molecule has 0 spiro atoms. The fraction of sp³-hybridized carbons (Fsp3) is 0.105. The van der Waals surface area contributed by atoms with Gasteiger partial charge < -0.3 is 14.2 Å². The molecule has 0 bridgehead atoms. The Labute approximate surface area is 160 Å². The number of thiocarbonyl (C=S) groups is 1. The van der Waals surface area contributed by atoms with E-state index in [1.165, 1.54) is 11.0 Å². The van der Waals surface area contributed by atoms with Gasteiger partial charge in [-0.25, -0.2) is 0 Å². The molecule has 0 radical (unpaired) electrons. The van der Waals surface area contributed by atoms with Crippen molar-refractivity contribution >= 4 is 40.9 Å². The molecule has 2 aromatic rings. The summed E-state index contributed by atoms with van der Waals surface area (Å²) >= 11 is 5.19. The van der Waals surface area contributed by atoms with Crippen molar-refractivity contribution in [2.45, 2.75) is 0 Å². The van der Waals surface area contributed by atoms with E-state index in [4.69, 9.17) is 26.4 Å². The van der Waals surface area contributed by atoms with Gasteiger partial charge in [0, 0.05) is 0 Å². The molecule has 0 atom stereocenters. The molecule has 8 heteroatoms. The van der Waals surface area contributed by atoms with Gasteiger partial charge in [0.25, 0.3) is 11.8 Å². The van der Waals surface area contributed by atoms with Crippen LogP contribution in [0.15, 0.2) is 48.0 Å². The highest BCUT2D eigenvalue weighted by Crippen LogP contribution is 2.33.